The zero-order chi connectivity index (χ0) is 16.0. The molecular weight excluding hydrogens is 240 g/mol. The van der Waals surface area contributed by atoms with Gasteiger partial charge in [0, 0.05) is 20.5 Å². The molecule has 4 nitrogen and oxygen atoms in total. The molecule has 0 saturated carbocycles. The van der Waals surface area contributed by atoms with E-state index in [4.69, 9.17) is 0 Å². The maximum atomic E-state index is 11.4. The van der Waals surface area contributed by atoms with Gasteiger partial charge in [0.1, 0.15) is 6.04 Å². The van der Waals surface area contributed by atoms with Gasteiger partial charge in [-0.2, -0.15) is 0 Å². The summed E-state index contributed by atoms with van der Waals surface area (Å²) in [5.41, 5.74) is 0. The van der Waals surface area contributed by atoms with Crippen LogP contribution in [0.25, 0.3) is 0 Å². The summed E-state index contributed by atoms with van der Waals surface area (Å²) in [5.74, 6) is 0.351. The molecule has 1 fully saturated rings. The third-order valence-electron chi connectivity index (χ3n) is 2.46. The number of amides is 2. The molecule has 1 aliphatic heterocycles. The zero-order valence-electron chi connectivity index (χ0n) is 14.3. The Balaban J connectivity index is -0.000000375. The fraction of sp³-hybridized carbons (Fsp3) is 0.867. The van der Waals surface area contributed by atoms with Crippen molar-refractivity contribution in [1.82, 2.24) is 10.2 Å². The Morgan fingerprint density at radius 1 is 1.05 bits per heavy atom. The highest BCUT2D eigenvalue weighted by molar-refractivity contribution is 5.87. The number of hydrogen-bond donors (Lipinski definition) is 1. The Hall–Kier alpha value is -1.06. The van der Waals surface area contributed by atoms with Crippen molar-refractivity contribution in [3.63, 3.8) is 0 Å². The second kappa shape index (κ2) is 15.0. The molecule has 4 heteroatoms. The molecule has 0 bridgehead atoms. The molecule has 2 atom stereocenters. The molecule has 1 rings (SSSR count). The summed E-state index contributed by atoms with van der Waals surface area (Å²) in [6.45, 7) is 16.3. The normalized spacial score (nSPS) is 19.7. The summed E-state index contributed by atoms with van der Waals surface area (Å²) in [6, 6.07) is -0.252. The van der Waals surface area contributed by atoms with Crippen LogP contribution in [0.2, 0.25) is 0 Å². The summed E-state index contributed by atoms with van der Waals surface area (Å²) in [4.78, 5) is 24.2. The molecule has 1 N–H and O–H groups in total. The zero-order valence-corrected chi connectivity index (χ0v) is 14.3. The third-order valence-corrected chi connectivity index (χ3v) is 2.46. The summed E-state index contributed by atoms with van der Waals surface area (Å²) >= 11 is 0. The first-order valence-corrected chi connectivity index (χ1v) is 7.55. The van der Waals surface area contributed by atoms with E-state index in [0.29, 0.717) is 12.5 Å². The van der Waals surface area contributed by atoms with Crippen molar-refractivity contribution < 1.29 is 9.59 Å². The molecule has 1 saturated heterocycles. The van der Waals surface area contributed by atoms with Crippen molar-refractivity contribution in [2.45, 2.75) is 67.9 Å². The molecule has 0 radical (unpaired) electrons. The minimum absolute atomic E-state index is 0.0158. The summed E-state index contributed by atoms with van der Waals surface area (Å²) in [5, 5.41) is 2.58. The first-order valence-electron chi connectivity index (χ1n) is 7.55. The SMILES string of the molecule is CC.CC.CC.CNC(=O)C1CC(C)CN1C(C)=O. The van der Waals surface area contributed by atoms with Gasteiger partial charge in [0.15, 0.2) is 0 Å². The number of rotatable bonds is 1. The molecule has 2 unspecified atom stereocenters. The van der Waals surface area contributed by atoms with Crippen molar-refractivity contribution in [3.05, 3.63) is 0 Å². The van der Waals surface area contributed by atoms with Crippen LogP contribution in [0.15, 0.2) is 0 Å². The standard InChI is InChI=1S/C9H16N2O2.3C2H6/c1-6-4-8(9(13)10-3)11(5-6)7(2)12;3*1-2/h6,8H,4-5H2,1-3H3,(H,10,13);3*1-2H3. The van der Waals surface area contributed by atoms with E-state index in [-0.39, 0.29) is 17.9 Å². The summed E-state index contributed by atoms with van der Waals surface area (Å²) < 4.78 is 0. The van der Waals surface area contributed by atoms with Crippen LogP contribution in [0, 0.1) is 5.92 Å². The third kappa shape index (κ3) is 8.62. The van der Waals surface area contributed by atoms with Gasteiger partial charge in [0.05, 0.1) is 0 Å². The number of nitrogens with zero attached hydrogens (tertiary/aromatic N) is 1. The number of hydrogen-bond acceptors (Lipinski definition) is 2. The molecule has 1 aliphatic rings. The van der Waals surface area contributed by atoms with E-state index in [2.05, 4.69) is 12.2 Å². The first kappa shape index (κ1) is 23.1. The van der Waals surface area contributed by atoms with Crippen molar-refractivity contribution in [2.75, 3.05) is 13.6 Å². The average molecular weight is 274 g/mol. The maximum absolute atomic E-state index is 11.4. The molecule has 0 aromatic carbocycles. The largest absolute Gasteiger partial charge is 0.357 e. The highest BCUT2D eigenvalue weighted by Crippen LogP contribution is 2.22. The van der Waals surface area contributed by atoms with Crippen LogP contribution in [0.4, 0.5) is 0 Å². The van der Waals surface area contributed by atoms with Crippen LogP contribution in [-0.2, 0) is 9.59 Å². The lowest BCUT2D eigenvalue weighted by molar-refractivity contribution is -0.136. The lowest BCUT2D eigenvalue weighted by Gasteiger charge is -2.21. The predicted octanol–water partition coefficient (Wildman–Crippen LogP) is 3.07. The van der Waals surface area contributed by atoms with Gasteiger partial charge in [-0.15, -0.1) is 0 Å². The number of likely N-dealkylation sites (tertiary alicyclic amines) is 1. The fourth-order valence-corrected chi connectivity index (χ4v) is 1.81. The maximum Gasteiger partial charge on any atom is 0.242 e. The molecule has 1 heterocycles. The lowest BCUT2D eigenvalue weighted by Crippen LogP contribution is -2.43. The number of nitrogens with one attached hydrogen (secondary N) is 1. The van der Waals surface area contributed by atoms with Crippen LogP contribution < -0.4 is 5.32 Å². The minimum atomic E-state index is -0.252. The van der Waals surface area contributed by atoms with Gasteiger partial charge in [-0.3, -0.25) is 9.59 Å². The van der Waals surface area contributed by atoms with Crippen molar-refractivity contribution in [3.8, 4) is 0 Å². The van der Waals surface area contributed by atoms with Gasteiger partial charge in [-0.1, -0.05) is 48.5 Å². The van der Waals surface area contributed by atoms with Gasteiger partial charge >= 0.3 is 0 Å². The first-order chi connectivity index (χ1) is 9.06. The van der Waals surface area contributed by atoms with Crippen LogP contribution in [-0.4, -0.2) is 36.3 Å². The Morgan fingerprint density at radius 3 is 1.79 bits per heavy atom. The number of carbonyl (C=O) groups is 2. The Morgan fingerprint density at radius 2 is 1.47 bits per heavy atom. The van der Waals surface area contributed by atoms with Gasteiger partial charge in [0.25, 0.3) is 0 Å². The van der Waals surface area contributed by atoms with E-state index in [1.165, 1.54) is 6.92 Å². The molecule has 2 amide bonds. The smallest absolute Gasteiger partial charge is 0.242 e. The quantitative estimate of drug-likeness (QED) is 0.799. The van der Waals surface area contributed by atoms with Crippen molar-refractivity contribution >= 4 is 11.8 Å². The molecule has 116 valence electrons. The lowest BCUT2D eigenvalue weighted by atomic mass is 10.1. The monoisotopic (exact) mass is 274 g/mol. The van der Waals surface area contributed by atoms with Gasteiger partial charge in [-0.05, 0) is 12.3 Å². The minimum Gasteiger partial charge on any atom is -0.357 e. The average Bonchev–Trinajstić information content (AvgIpc) is 2.87. The van der Waals surface area contributed by atoms with Crippen molar-refractivity contribution in [1.29, 1.82) is 0 Å². The van der Waals surface area contributed by atoms with E-state index in [9.17, 15) is 9.59 Å². The Bertz CT molecular complexity index is 230. The predicted molar refractivity (Wildman–Crippen MR) is 83.1 cm³/mol. The fourth-order valence-electron chi connectivity index (χ4n) is 1.81. The second-order valence-electron chi connectivity index (χ2n) is 3.64. The van der Waals surface area contributed by atoms with E-state index in [1.54, 1.807) is 11.9 Å². The van der Waals surface area contributed by atoms with Gasteiger partial charge in [-0.25, -0.2) is 0 Å². The topological polar surface area (TPSA) is 49.4 Å². The van der Waals surface area contributed by atoms with E-state index >= 15 is 0 Å². The Kier molecular flexibility index (Phi) is 18.2. The highest BCUT2D eigenvalue weighted by atomic mass is 16.2. The van der Waals surface area contributed by atoms with E-state index in [0.717, 1.165) is 6.42 Å². The molecular formula is C15H34N2O2. The number of likely N-dealkylation sites (N-methyl/N-ethyl adjacent to an activating group) is 1. The molecule has 19 heavy (non-hydrogen) atoms. The Labute approximate surface area is 119 Å². The van der Waals surface area contributed by atoms with E-state index < -0.39 is 0 Å². The van der Waals surface area contributed by atoms with Crippen LogP contribution >= 0.6 is 0 Å². The van der Waals surface area contributed by atoms with Gasteiger partial charge < -0.3 is 10.2 Å². The molecule has 0 aromatic heterocycles. The second-order valence-corrected chi connectivity index (χ2v) is 3.64. The number of carbonyl (C=O) groups excluding carboxylic acids is 2. The summed E-state index contributed by atoms with van der Waals surface area (Å²) in [7, 11) is 1.60. The van der Waals surface area contributed by atoms with Crippen molar-refractivity contribution in [2.24, 2.45) is 5.92 Å². The summed E-state index contributed by atoms with van der Waals surface area (Å²) in [6.07, 6.45) is 0.777. The van der Waals surface area contributed by atoms with E-state index in [1.807, 2.05) is 41.5 Å². The van der Waals surface area contributed by atoms with Gasteiger partial charge in [0.2, 0.25) is 11.8 Å². The van der Waals surface area contributed by atoms with Crippen LogP contribution in [0.1, 0.15) is 61.8 Å². The highest BCUT2D eigenvalue weighted by Gasteiger charge is 2.35. The molecule has 0 spiro atoms. The molecule has 0 aromatic rings. The van der Waals surface area contributed by atoms with Crippen LogP contribution in [0.5, 0.6) is 0 Å². The molecule has 0 aliphatic carbocycles. The van der Waals surface area contributed by atoms with Crippen LogP contribution in [0.3, 0.4) is 0 Å².